The Kier molecular flexibility index (Phi) is 5.67. The van der Waals surface area contributed by atoms with Gasteiger partial charge in [0.1, 0.15) is 0 Å². The molecule has 0 saturated carbocycles. The molecule has 1 aliphatic heterocycles. The summed E-state index contributed by atoms with van der Waals surface area (Å²) < 4.78 is 1.22. The molecule has 2 amide bonds. The van der Waals surface area contributed by atoms with Crippen LogP contribution in [0.5, 0.6) is 0 Å². The van der Waals surface area contributed by atoms with Crippen molar-refractivity contribution in [2.45, 2.75) is 38.5 Å². The van der Waals surface area contributed by atoms with Crippen LogP contribution in [0.1, 0.15) is 37.1 Å². The summed E-state index contributed by atoms with van der Waals surface area (Å²) in [4.78, 5) is 30.4. The molecule has 6 heteroatoms. The van der Waals surface area contributed by atoms with Crippen molar-refractivity contribution in [1.29, 1.82) is 0 Å². The van der Waals surface area contributed by atoms with Gasteiger partial charge in [0.2, 0.25) is 11.8 Å². The van der Waals surface area contributed by atoms with Crippen molar-refractivity contribution in [3.63, 3.8) is 0 Å². The minimum atomic E-state index is 0.0225. The second-order valence-electron chi connectivity index (χ2n) is 7.03. The van der Waals surface area contributed by atoms with Crippen LogP contribution in [0.15, 0.2) is 48.5 Å². The predicted molar refractivity (Wildman–Crippen MR) is 114 cm³/mol. The highest BCUT2D eigenvalue weighted by Crippen LogP contribution is 2.24. The first-order valence-corrected chi connectivity index (χ1v) is 10.6. The normalized spacial score (nSPS) is 14.0. The van der Waals surface area contributed by atoms with Gasteiger partial charge in [-0.2, -0.15) is 0 Å². The highest BCUT2D eigenvalue weighted by atomic mass is 32.1. The maximum atomic E-state index is 12.2. The third-order valence-electron chi connectivity index (χ3n) is 4.92. The Labute approximate surface area is 168 Å². The zero-order chi connectivity index (χ0) is 19.3. The van der Waals surface area contributed by atoms with Gasteiger partial charge in [-0.25, -0.2) is 4.98 Å². The number of para-hydroxylation sites is 1. The number of carbonyl (C=O) groups is 2. The molecule has 0 atom stereocenters. The molecule has 1 aromatic heterocycles. The van der Waals surface area contributed by atoms with Crippen molar-refractivity contribution in [3.05, 3.63) is 53.5 Å². The molecule has 1 fully saturated rings. The van der Waals surface area contributed by atoms with E-state index >= 15 is 0 Å². The number of fused-ring (bicyclic) bond motifs is 1. The van der Waals surface area contributed by atoms with Crippen LogP contribution in [0.25, 0.3) is 10.2 Å². The van der Waals surface area contributed by atoms with E-state index in [-0.39, 0.29) is 11.8 Å². The maximum Gasteiger partial charge on any atom is 0.227 e. The summed E-state index contributed by atoms with van der Waals surface area (Å²) in [6.45, 7) is 0.777. The number of hydrogen-bond acceptors (Lipinski definition) is 4. The summed E-state index contributed by atoms with van der Waals surface area (Å²) in [5.74, 6) is 0.194. The number of nitrogens with one attached hydrogen (secondary N) is 1. The van der Waals surface area contributed by atoms with Gasteiger partial charge >= 0.3 is 0 Å². The minimum absolute atomic E-state index is 0.0225. The highest BCUT2D eigenvalue weighted by molar-refractivity contribution is 7.18. The van der Waals surface area contributed by atoms with Crippen molar-refractivity contribution < 1.29 is 9.59 Å². The van der Waals surface area contributed by atoms with E-state index in [1.807, 2.05) is 42.5 Å². The number of anilines is 2. The summed E-state index contributed by atoms with van der Waals surface area (Å²) in [6.07, 6.45) is 4.72. The lowest BCUT2D eigenvalue weighted by atomic mass is 10.2. The minimum Gasteiger partial charge on any atom is -0.326 e. The average Bonchev–Trinajstić information content (AvgIpc) is 3.31. The Bertz CT molecular complexity index is 948. The fourth-order valence-electron chi connectivity index (χ4n) is 3.46. The van der Waals surface area contributed by atoms with Gasteiger partial charge < -0.3 is 10.2 Å². The molecule has 3 aromatic rings. The first-order valence-electron chi connectivity index (χ1n) is 9.74. The first kappa shape index (κ1) is 18.6. The predicted octanol–water partition coefficient (Wildman–Crippen LogP) is 4.77. The summed E-state index contributed by atoms with van der Waals surface area (Å²) in [5.41, 5.74) is 2.72. The molecular formula is C22H23N3O2S. The SMILES string of the molecule is O=C(CCCCc1nc2ccccc2s1)Nc1ccc(N2CCCC2=O)cc1. The van der Waals surface area contributed by atoms with Gasteiger partial charge in [0.25, 0.3) is 0 Å². The number of aryl methyl sites for hydroxylation is 1. The van der Waals surface area contributed by atoms with E-state index in [0.717, 1.165) is 54.1 Å². The van der Waals surface area contributed by atoms with Gasteiger partial charge in [-0.3, -0.25) is 9.59 Å². The fraction of sp³-hybridized carbons (Fsp3) is 0.318. The number of thiazole rings is 1. The van der Waals surface area contributed by atoms with Crippen molar-refractivity contribution in [3.8, 4) is 0 Å². The molecule has 1 N–H and O–H groups in total. The van der Waals surface area contributed by atoms with Gasteiger partial charge in [0.05, 0.1) is 15.2 Å². The molecule has 5 nitrogen and oxygen atoms in total. The molecule has 1 aliphatic rings. The third kappa shape index (κ3) is 4.39. The van der Waals surface area contributed by atoms with Gasteiger partial charge in [0, 0.05) is 30.8 Å². The fourth-order valence-corrected chi connectivity index (χ4v) is 4.47. The maximum absolute atomic E-state index is 12.2. The topological polar surface area (TPSA) is 62.3 Å². The quantitative estimate of drug-likeness (QED) is 0.588. The number of aromatic nitrogens is 1. The van der Waals surface area contributed by atoms with Gasteiger partial charge in [-0.05, 0) is 62.1 Å². The number of nitrogens with zero attached hydrogens (tertiary/aromatic N) is 2. The number of hydrogen-bond donors (Lipinski definition) is 1. The molecule has 144 valence electrons. The van der Waals surface area contributed by atoms with Crippen LogP contribution >= 0.6 is 11.3 Å². The van der Waals surface area contributed by atoms with Gasteiger partial charge in [0.15, 0.2) is 0 Å². The Morgan fingerprint density at radius 2 is 1.93 bits per heavy atom. The Hall–Kier alpha value is -2.73. The Balaban J connectivity index is 1.21. The molecule has 2 aromatic carbocycles. The molecule has 0 spiro atoms. The summed E-state index contributed by atoms with van der Waals surface area (Å²) >= 11 is 1.73. The second kappa shape index (κ2) is 8.52. The first-order chi connectivity index (χ1) is 13.7. The molecule has 0 bridgehead atoms. The van der Waals surface area contributed by atoms with Crippen LogP contribution in [-0.2, 0) is 16.0 Å². The van der Waals surface area contributed by atoms with E-state index in [4.69, 9.17) is 0 Å². The summed E-state index contributed by atoms with van der Waals surface area (Å²) in [6, 6.07) is 15.7. The molecular weight excluding hydrogens is 370 g/mol. The van der Waals surface area contributed by atoms with Crippen molar-refractivity contribution in [2.24, 2.45) is 0 Å². The number of benzene rings is 2. The lowest BCUT2D eigenvalue weighted by molar-refractivity contribution is -0.117. The van der Waals surface area contributed by atoms with Gasteiger partial charge in [-0.15, -0.1) is 11.3 Å². The molecule has 0 aliphatic carbocycles. The average molecular weight is 394 g/mol. The van der Waals surface area contributed by atoms with Crippen LogP contribution in [0.3, 0.4) is 0 Å². The van der Waals surface area contributed by atoms with Crippen molar-refractivity contribution in [2.75, 3.05) is 16.8 Å². The third-order valence-corrected chi connectivity index (χ3v) is 6.01. The monoisotopic (exact) mass is 393 g/mol. The second-order valence-corrected chi connectivity index (χ2v) is 8.14. The summed E-state index contributed by atoms with van der Waals surface area (Å²) in [5, 5.41) is 4.07. The van der Waals surface area contributed by atoms with Crippen LogP contribution in [0, 0.1) is 0 Å². The van der Waals surface area contributed by atoms with Crippen molar-refractivity contribution in [1.82, 2.24) is 4.98 Å². The van der Waals surface area contributed by atoms with Crippen LogP contribution in [-0.4, -0.2) is 23.3 Å². The number of carbonyl (C=O) groups excluding carboxylic acids is 2. The van der Waals surface area contributed by atoms with E-state index in [9.17, 15) is 9.59 Å². The number of rotatable bonds is 7. The molecule has 0 unspecified atom stereocenters. The number of amides is 2. The molecule has 28 heavy (non-hydrogen) atoms. The number of unbranched alkanes of at least 4 members (excludes halogenated alkanes) is 1. The van der Waals surface area contributed by atoms with Crippen LogP contribution in [0.4, 0.5) is 11.4 Å². The lowest BCUT2D eigenvalue weighted by Crippen LogP contribution is -2.23. The van der Waals surface area contributed by atoms with Crippen LogP contribution < -0.4 is 10.2 Å². The zero-order valence-corrected chi connectivity index (χ0v) is 16.5. The Morgan fingerprint density at radius 3 is 2.68 bits per heavy atom. The molecule has 4 rings (SSSR count). The highest BCUT2D eigenvalue weighted by Gasteiger charge is 2.21. The van der Waals surface area contributed by atoms with E-state index in [1.54, 1.807) is 16.2 Å². The lowest BCUT2D eigenvalue weighted by Gasteiger charge is -2.16. The largest absolute Gasteiger partial charge is 0.326 e. The van der Waals surface area contributed by atoms with Crippen LogP contribution in [0.2, 0.25) is 0 Å². The van der Waals surface area contributed by atoms with E-state index in [2.05, 4.69) is 16.4 Å². The van der Waals surface area contributed by atoms with E-state index in [0.29, 0.717) is 12.8 Å². The van der Waals surface area contributed by atoms with E-state index < -0.39 is 0 Å². The van der Waals surface area contributed by atoms with Gasteiger partial charge in [-0.1, -0.05) is 12.1 Å². The zero-order valence-electron chi connectivity index (χ0n) is 15.7. The summed E-state index contributed by atoms with van der Waals surface area (Å²) in [7, 11) is 0. The smallest absolute Gasteiger partial charge is 0.227 e. The Morgan fingerprint density at radius 1 is 1.11 bits per heavy atom. The standard InChI is InChI=1S/C22H23N3O2S/c26-20(8-3-4-9-21-24-18-6-1-2-7-19(18)28-21)23-16-11-13-17(14-12-16)25-15-5-10-22(25)27/h1-2,6-7,11-14H,3-5,8-10,15H2,(H,23,26). The molecule has 2 heterocycles. The van der Waals surface area contributed by atoms with E-state index in [1.165, 1.54) is 4.70 Å². The molecule has 1 saturated heterocycles. The molecule has 0 radical (unpaired) electrons. The van der Waals surface area contributed by atoms with Crippen molar-refractivity contribution >= 4 is 44.7 Å².